The SMILES string of the molecule is Cc1cc(-c2nccc(CC(C)N)n2)nc2ccccc12. The fraction of sp³-hybridized carbons (Fsp3) is 0.235. The Kier molecular flexibility index (Phi) is 3.62. The number of para-hydroxylation sites is 1. The Morgan fingerprint density at radius 1 is 1.14 bits per heavy atom. The van der Waals surface area contributed by atoms with Crippen molar-refractivity contribution in [2.45, 2.75) is 26.3 Å². The summed E-state index contributed by atoms with van der Waals surface area (Å²) in [5, 5.41) is 1.16. The lowest BCUT2D eigenvalue weighted by Gasteiger charge is -2.08. The van der Waals surface area contributed by atoms with Gasteiger partial charge < -0.3 is 5.73 Å². The van der Waals surface area contributed by atoms with E-state index in [0.717, 1.165) is 28.7 Å². The summed E-state index contributed by atoms with van der Waals surface area (Å²) in [6.07, 6.45) is 2.51. The molecule has 21 heavy (non-hydrogen) atoms. The maximum absolute atomic E-state index is 5.84. The highest BCUT2D eigenvalue weighted by Crippen LogP contribution is 2.22. The highest BCUT2D eigenvalue weighted by Gasteiger charge is 2.08. The van der Waals surface area contributed by atoms with E-state index in [1.165, 1.54) is 5.56 Å². The summed E-state index contributed by atoms with van der Waals surface area (Å²) in [4.78, 5) is 13.6. The molecule has 0 fully saturated rings. The molecule has 0 amide bonds. The van der Waals surface area contributed by atoms with E-state index in [-0.39, 0.29) is 6.04 Å². The van der Waals surface area contributed by atoms with Crippen molar-refractivity contribution in [3.05, 3.63) is 53.9 Å². The van der Waals surface area contributed by atoms with Crippen molar-refractivity contribution in [2.75, 3.05) is 0 Å². The van der Waals surface area contributed by atoms with Gasteiger partial charge in [0.2, 0.25) is 0 Å². The van der Waals surface area contributed by atoms with Crippen molar-refractivity contribution in [3.8, 4) is 11.5 Å². The van der Waals surface area contributed by atoms with E-state index >= 15 is 0 Å². The van der Waals surface area contributed by atoms with Gasteiger partial charge in [-0.25, -0.2) is 15.0 Å². The molecule has 2 heterocycles. The zero-order chi connectivity index (χ0) is 14.8. The highest BCUT2D eigenvalue weighted by molar-refractivity contribution is 5.84. The first-order chi connectivity index (χ1) is 10.1. The molecule has 106 valence electrons. The monoisotopic (exact) mass is 278 g/mol. The van der Waals surface area contributed by atoms with Gasteiger partial charge in [-0.3, -0.25) is 0 Å². The van der Waals surface area contributed by atoms with Crippen molar-refractivity contribution in [1.82, 2.24) is 15.0 Å². The Hall–Kier alpha value is -2.33. The van der Waals surface area contributed by atoms with E-state index in [1.807, 2.05) is 37.3 Å². The number of fused-ring (bicyclic) bond motifs is 1. The van der Waals surface area contributed by atoms with Gasteiger partial charge >= 0.3 is 0 Å². The number of rotatable bonds is 3. The molecule has 0 spiro atoms. The van der Waals surface area contributed by atoms with E-state index in [2.05, 4.69) is 27.9 Å². The zero-order valence-electron chi connectivity index (χ0n) is 12.2. The zero-order valence-corrected chi connectivity index (χ0v) is 12.2. The van der Waals surface area contributed by atoms with Crippen LogP contribution in [0.15, 0.2) is 42.6 Å². The van der Waals surface area contributed by atoms with Gasteiger partial charge in [0.15, 0.2) is 5.82 Å². The number of benzene rings is 1. The number of aryl methyl sites for hydroxylation is 1. The molecule has 2 aromatic heterocycles. The Bertz CT molecular complexity index is 781. The fourth-order valence-electron chi connectivity index (χ4n) is 2.43. The number of nitrogens with two attached hydrogens (primary N) is 1. The molecule has 0 radical (unpaired) electrons. The lowest BCUT2D eigenvalue weighted by molar-refractivity contribution is 0.720. The van der Waals surface area contributed by atoms with E-state index in [4.69, 9.17) is 5.73 Å². The van der Waals surface area contributed by atoms with Gasteiger partial charge in [-0.15, -0.1) is 0 Å². The summed E-state index contributed by atoms with van der Waals surface area (Å²) in [5.41, 5.74) is 9.73. The predicted octanol–water partition coefficient (Wildman–Crippen LogP) is 2.89. The molecular formula is C17H18N4. The van der Waals surface area contributed by atoms with Crippen LogP contribution in [0.5, 0.6) is 0 Å². The normalized spacial score (nSPS) is 12.5. The molecule has 3 aromatic rings. The van der Waals surface area contributed by atoms with E-state index in [9.17, 15) is 0 Å². The Labute approximate surface area is 124 Å². The second-order valence-electron chi connectivity index (χ2n) is 5.39. The molecule has 1 aromatic carbocycles. The molecule has 0 saturated heterocycles. The van der Waals surface area contributed by atoms with Crippen molar-refractivity contribution in [2.24, 2.45) is 5.73 Å². The van der Waals surface area contributed by atoms with Crippen molar-refractivity contribution < 1.29 is 0 Å². The number of nitrogens with zero attached hydrogens (tertiary/aromatic N) is 3. The second kappa shape index (κ2) is 5.58. The Morgan fingerprint density at radius 3 is 2.76 bits per heavy atom. The summed E-state index contributed by atoms with van der Waals surface area (Å²) in [6.45, 7) is 4.06. The number of pyridine rings is 1. The minimum Gasteiger partial charge on any atom is -0.328 e. The van der Waals surface area contributed by atoms with Crippen LogP contribution in [0, 0.1) is 6.92 Å². The maximum Gasteiger partial charge on any atom is 0.178 e. The average molecular weight is 278 g/mol. The van der Waals surface area contributed by atoms with Gasteiger partial charge in [0.05, 0.1) is 5.52 Å². The summed E-state index contributed by atoms with van der Waals surface area (Å²) >= 11 is 0. The molecule has 0 bridgehead atoms. The third-order valence-electron chi connectivity index (χ3n) is 3.40. The van der Waals surface area contributed by atoms with Crippen LogP contribution in [-0.4, -0.2) is 21.0 Å². The lowest BCUT2D eigenvalue weighted by Crippen LogP contribution is -2.18. The minimum absolute atomic E-state index is 0.0825. The van der Waals surface area contributed by atoms with Gasteiger partial charge in [0, 0.05) is 29.7 Å². The number of hydrogen-bond acceptors (Lipinski definition) is 4. The van der Waals surface area contributed by atoms with Gasteiger partial charge in [0.1, 0.15) is 5.69 Å². The van der Waals surface area contributed by atoms with Gasteiger partial charge in [-0.2, -0.15) is 0 Å². The molecule has 0 aliphatic heterocycles. The minimum atomic E-state index is 0.0825. The maximum atomic E-state index is 5.84. The first-order valence-corrected chi connectivity index (χ1v) is 7.08. The number of aromatic nitrogens is 3. The molecule has 1 unspecified atom stereocenters. The molecule has 1 atom stereocenters. The van der Waals surface area contributed by atoms with Crippen LogP contribution < -0.4 is 5.73 Å². The molecular weight excluding hydrogens is 260 g/mol. The van der Waals surface area contributed by atoms with Crippen LogP contribution in [0.2, 0.25) is 0 Å². The first kappa shape index (κ1) is 13.6. The molecule has 2 N–H and O–H groups in total. The lowest BCUT2D eigenvalue weighted by atomic mass is 10.1. The second-order valence-corrected chi connectivity index (χ2v) is 5.39. The highest BCUT2D eigenvalue weighted by atomic mass is 14.9. The first-order valence-electron chi connectivity index (χ1n) is 7.08. The van der Waals surface area contributed by atoms with Crippen molar-refractivity contribution >= 4 is 10.9 Å². The molecule has 4 nitrogen and oxygen atoms in total. The third-order valence-corrected chi connectivity index (χ3v) is 3.40. The molecule has 4 heteroatoms. The van der Waals surface area contributed by atoms with Gasteiger partial charge in [-0.05, 0) is 37.6 Å². The number of hydrogen-bond donors (Lipinski definition) is 1. The molecule has 0 saturated carbocycles. The van der Waals surface area contributed by atoms with Crippen LogP contribution in [0.25, 0.3) is 22.4 Å². The summed E-state index contributed by atoms with van der Waals surface area (Å²) in [6, 6.07) is 12.1. The standard InChI is InChI=1S/C17H18N4/c1-11-9-16(21-15-6-4-3-5-14(11)15)17-19-8-7-13(20-17)10-12(2)18/h3-9,12H,10,18H2,1-2H3. The Balaban J connectivity index is 2.08. The average Bonchev–Trinajstić information content (AvgIpc) is 2.47. The van der Waals surface area contributed by atoms with E-state index in [0.29, 0.717) is 5.82 Å². The molecule has 3 rings (SSSR count). The fourth-order valence-corrected chi connectivity index (χ4v) is 2.43. The van der Waals surface area contributed by atoms with Crippen LogP contribution in [-0.2, 0) is 6.42 Å². The van der Waals surface area contributed by atoms with Crippen LogP contribution in [0.3, 0.4) is 0 Å². The topological polar surface area (TPSA) is 64.7 Å². The quantitative estimate of drug-likeness (QED) is 0.800. The van der Waals surface area contributed by atoms with Crippen LogP contribution in [0.4, 0.5) is 0 Å². The molecule has 0 aliphatic rings. The molecule has 0 aliphatic carbocycles. The van der Waals surface area contributed by atoms with Gasteiger partial charge in [0.25, 0.3) is 0 Å². The smallest absolute Gasteiger partial charge is 0.178 e. The summed E-state index contributed by atoms with van der Waals surface area (Å²) < 4.78 is 0. The Morgan fingerprint density at radius 2 is 1.95 bits per heavy atom. The van der Waals surface area contributed by atoms with Crippen LogP contribution >= 0.6 is 0 Å². The summed E-state index contributed by atoms with van der Waals surface area (Å²) in [5.74, 6) is 0.655. The summed E-state index contributed by atoms with van der Waals surface area (Å²) in [7, 11) is 0. The van der Waals surface area contributed by atoms with Crippen LogP contribution in [0.1, 0.15) is 18.2 Å². The largest absolute Gasteiger partial charge is 0.328 e. The third kappa shape index (κ3) is 2.90. The van der Waals surface area contributed by atoms with Crippen molar-refractivity contribution in [1.29, 1.82) is 0 Å². The van der Waals surface area contributed by atoms with E-state index < -0.39 is 0 Å². The van der Waals surface area contributed by atoms with Crippen molar-refractivity contribution in [3.63, 3.8) is 0 Å². The van der Waals surface area contributed by atoms with E-state index in [1.54, 1.807) is 6.20 Å². The predicted molar refractivity (Wildman–Crippen MR) is 84.9 cm³/mol. The van der Waals surface area contributed by atoms with Gasteiger partial charge in [-0.1, -0.05) is 18.2 Å².